The molecule has 2 atom stereocenters. The highest BCUT2D eigenvalue weighted by molar-refractivity contribution is 7.89. The molecule has 0 saturated carbocycles. The summed E-state index contributed by atoms with van der Waals surface area (Å²) < 4.78 is 27.9. The van der Waals surface area contributed by atoms with E-state index in [4.69, 9.17) is 0 Å². The third-order valence-electron chi connectivity index (χ3n) is 5.26. The number of sulfonamides is 1. The van der Waals surface area contributed by atoms with Crippen molar-refractivity contribution in [2.75, 3.05) is 6.54 Å². The molecule has 2 aliphatic rings. The maximum atomic E-state index is 13.1. The van der Waals surface area contributed by atoms with Crippen LogP contribution >= 0.6 is 0 Å². The molecule has 4 heteroatoms. The van der Waals surface area contributed by atoms with Crippen LogP contribution in [-0.4, -0.2) is 25.3 Å². The number of aryl methyl sites for hydroxylation is 1. The minimum absolute atomic E-state index is 0.0388. The number of nitrogens with zero attached hydrogens (tertiary/aromatic N) is 1. The van der Waals surface area contributed by atoms with Gasteiger partial charge in [-0.15, -0.1) is 0 Å². The maximum Gasteiger partial charge on any atom is 0.243 e. The molecule has 0 amide bonds. The van der Waals surface area contributed by atoms with Crippen molar-refractivity contribution in [1.29, 1.82) is 0 Å². The first kappa shape index (κ1) is 16.7. The van der Waals surface area contributed by atoms with E-state index in [0.29, 0.717) is 17.4 Å². The van der Waals surface area contributed by atoms with E-state index in [1.165, 1.54) is 31.3 Å². The lowest BCUT2D eigenvalue weighted by molar-refractivity contribution is 0.381. The largest absolute Gasteiger partial charge is 0.243 e. The lowest BCUT2D eigenvalue weighted by Crippen LogP contribution is -2.36. The molecular weight excluding hydrogens is 306 g/mol. The SMILES string of the molecule is Cc1ccc(S(=O)(=O)N2CC3=CC2CCCCCCC3C)cc1. The Morgan fingerprint density at radius 2 is 1.65 bits per heavy atom. The molecule has 3 nitrogen and oxygen atoms in total. The lowest BCUT2D eigenvalue weighted by atomic mass is 9.93. The zero-order valence-corrected chi connectivity index (χ0v) is 15.0. The van der Waals surface area contributed by atoms with Crippen LogP contribution < -0.4 is 0 Å². The number of hydrogen-bond donors (Lipinski definition) is 0. The van der Waals surface area contributed by atoms with Crippen molar-refractivity contribution in [2.24, 2.45) is 5.92 Å². The fourth-order valence-electron chi connectivity index (χ4n) is 3.68. The molecule has 1 aromatic carbocycles. The number of rotatable bonds is 2. The second-order valence-corrected chi connectivity index (χ2v) is 8.96. The molecular formula is C19H27NO2S. The summed E-state index contributed by atoms with van der Waals surface area (Å²) in [6, 6.07) is 7.27. The molecule has 1 aliphatic heterocycles. The van der Waals surface area contributed by atoms with Crippen LogP contribution in [0.5, 0.6) is 0 Å². The van der Waals surface area contributed by atoms with Crippen molar-refractivity contribution in [3.05, 3.63) is 41.5 Å². The van der Waals surface area contributed by atoms with E-state index in [-0.39, 0.29) is 6.04 Å². The van der Waals surface area contributed by atoms with Crippen LogP contribution in [0, 0.1) is 12.8 Å². The highest BCUT2D eigenvalue weighted by Gasteiger charge is 2.36. The lowest BCUT2D eigenvalue weighted by Gasteiger charge is -2.24. The average Bonchev–Trinajstić information content (AvgIpc) is 2.95. The Hall–Kier alpha value is -1.13. The summed E-state index contributed by atoms with van der Waals surface area (Å²) in [6.07, 6.45) is 9.22. The highest BCUT2D eigenvalue weighted by atomic mass is 32.2. The molecule has 0 fully saturated rings. The summed E-state index contributed by atoms with van der Waals surface area (Å²) in [6.45, 7) is 4.79. The van der Waals surface area contributed by atoms with E-state index < -0.39 is 10.0 Å². The molecule has 126 valence electrons. The first-order valence-corrected chi connectivity index (χ1v) is 10.2. The van der Waals surface area contributed by atoms with Crippen molar-refractivity contribution >= 4 is 10.0 Å². The van der Waals surface area contributed by atoms with Crippen LogP contribution in [0.1, 0.15) is 51.0 Å². The number of benzene rings is 1. The Morgan fingerprint density at radius 1 is 1.00 bits per heavy atom. The minimum atomic E-state index is -3.41. The summed E-state index contributed by atoms with van der Waals surface area (Å²) in [5.74, 6) is 0.494. The topological polar surface area (TPSA) is 37.4 Å². The van der Waals surface area contributed by atoms with Gasteiger partial charge in [-0.3, -0.25) is 0 Å². The Morgan fingerprint density at radius 3 is 2.35 bits per heavy atom. The van der Waals surface area contributed by atoms with E-state index in [2.05, 4.69) is 13.0 Å². The Balaban J connectivity index is 1.89. The van der Waals surface area contributed by atoms with Crippen LogP contribution in [0.15, 0.2) is 40.8 Å². The standard InChI is InChI=1S/C19H27NO2S/c1-15-9-11-19(12-10-15)23(21,22)20-14-17-13-18(20)8-6-4-3-5-7-16(17)2/h9-13,16,18H,3-8,14H2,1-2H3. The van der Waals surface area contributed by atoms with Crippen LogP contribution in [0.2, 0.25) is 0 Å². The monoisotopic (exact) mass is 333 g/mol. The van der Waals surface area contributed by atoms with E-state index in [0.717, 1.165) is 18.4 Å². The fourth-order valence-corrected chi connectivity index (χ4v) is 5.27. The molecule has 23 heavy (non-hydrogen) atoms. The van der Waals surface area contributed by atoms with Crippen LogP contribution in [0.4, 0.5) is 0 Å². The molecule has 0 N–H and O–H groups in total. The summed E-state index contributed by atoms with van der Waals surface area (Å²) in [5, 5.41) is 0. The Kier molecular flexibility index (Phi) is 4.93. The molecule has 1 aromatic rings. The Bertz CT molecular complexity index is 676. The number of fused-ring (bicyclic) bond motifs is 1. The van der Waals surface area contributed by atoms with Crippen molar-refractivity contribution in [3.63, 3.8) is 0 Å². The highest BCUT2D eigenvalue weighted by Crippen LogP contribution is 2.34. The van der Waals surface area contributed by atoms with Gasteiger partial charge in [0.05, 0.1) is 4.90 Å². The first-order chi connectivity index (χ1) is 11.0. The zero-order chi connectivity index (χ0) is 16.4. The second kappa shape index (κ2) is 6.78. The molecule has 1 aliphatic carbocycles. The van der Waals surface area contributed by atoms with Crippen LogP contribution in [-0.2, 0) is 10.0 Å². The third kappa shape index (κ3) is 3.53. The minimum Gasteiger partial charge on any atom is -0.207 e. The van der Waals surface area contributed by atoms with Crippen molar-refractivity contribution in [3.8, 4) is 0 Å². The van der Waals surface area contributed by atoms with Gasteiger partial charge in [-0.25, -0.2) is 8.42 Å². The van der Waals surface area contributed by atoms with E-state index >= 15 is 0 Å². The summed E-state index contributed by atoms with van der Waals surface area (Å²) in [4.78, 5) is 0.422. The van der Waals surface area contributed by atoms with Crippen molar-refractivity contribution in [1.82, 2.24) is 4.31 Å². The molecule has 2 bridgehead atoms. The Labute approximate surface area is 140 Å². The van der Waals surface area contributed by atoms with Gasteiger partial charge in [0, 0.05) is 12.6 Å². The number of hydrogen-bond acceptors (Lipinski definition) is 2. The van der Waals surface area contributed by atoms with Crippen molar-refractivity contribution in [2.45, 2.75) is 63.3 Å². The van der Waals surface area contributed by atoms with E-state index in [9.17, 15) is 8.42 Å². The first-order valence-electron chi connectivity index (χ1n) is 8.77. The smallest absolute Gasteiger partial charge is 0.207 e. The second-order valence-electron chi connectivity index (χ2n) is 7.06. The molecule has 0 spiro atoms. The third-order valence-corrected chi connectivity index (χ3v) is 7.15. The van der Waals surface area contributed by atoms with Crippen LogP contribution in [0.25, 0.3) is 0 Å². The van der Waals surface area contributed by atoms with Gasteiger partial charge in [0.1, 0.15) is 0 Å². The molecule has 1 heterocycles. The molecule has 0 saturated heterocycles. The summed E-state index contributed by atoms with van der Waals surface area (Å²) in [5.41, 5.74) is 2.40. The molecule has 2 unspecified atom stereocenters. The zero-order valence-electron chi connectivity index (χ0n) is 14.2. The van der Waals surface area contributed by atoms with Gasteiger partial charge < -0.3 is 0 Å². The van der Waals surface area contributed by atoms with Gasteiger partial charge in [0.2, 0.25) is 10.0 Å². The van der Waals surface area contributed by atoms with Gasteiger partial charge >= 0.3 is 0 Å². The van der Waals surface area contributed by atoms with E-state index in [1.54, 1.807) is 16.4 Å². The summed E-state index contributed by atoms with van der Waals surface area (Å²) >= 11 is 0. The van der Waals surface area contributed by atoms with Gasteiger partial charge in [-0.05, 0) is 37.8 Å². The van der Waals surface area contributed by atoms with Gasteiger partial charge in [0.25, 0.3) is 0 Å². The predicted octanol–water partition coefficient (Wildman–Crippen LogP) is 4.28. The van der Waals surface area contributed by atoms with Gasteiger partial charge in [-0.1, -0.05) is 62.0 Å². The quantitative estimate of drug-likeness (QED) is 0.757. The maximum absolute atomic E-state index is 13.1. The fraction of sp³-hybridized carbons (Fsp3) is 0.579. The van der Waals surface area contributed by atoms with Gasteiger partial charge in [-0.2, -0.15) is 4.31 Å². The molecule has 0 aromatic heterocycles. The molecule has 0 radical (unpaired) electrons. The molecule has 3 rings (SSSR count). The normalized spacial score (nSPS) is 26.8. The van der Waals surface area contributed by atoms with E-state index in [1.807, 2.05) is 19.1 Å². The predicted molar refractivity (Wildman–Crippen MR) is 93.8 cm³/mol. The van der Waals surface area contributed by atoms with Gasteiger partial charge in [0.15, 0.2) is 0 Å². The van der Waals surface area contributed by atoms with Crippen LogP contribution in [0.3, 0.4) is 0 Å². The average molecular weight is 333 g/mol. The van der Waals surface area contributed by atoms with Crippen molar-refractivity contribution < 1.29 is 8.42 Å². The summed E-state index contributed by atoms with van der Waals surface area (Å²) in [7, 11) is -3.41.